The van der Waals surface area contributed by atoms with Gasteiger partial charge >= 0.3 is 0 Å². The Morgan fingerprint density at radius 3 is 2.67 bits per heavy atom. The first kappa shape index (κ1) is 9.13. The zero-order valence-electron chi connectivity index (χ0n) is 4.87. The van der Waals surface area contributed by atoms with E-state index >= 15 is 0 Å². The first-order chi connectivity index (χ1) is 4.22. The quantitative estimate of drug-likeness (QED) is 0.431. The molecule has 9 heavy (non-hydrogen) atoms. The molecule has 0 heterocycles. The molecule has 0 aliphatic heterocycles. The molecular formula is C4H10N2OS2. The Labute approximate surface area is 65.3 Å². The first-order valence-electron chi connectivity index (χ1n) is 2.52. The summed E-state index contributed by atoms with van der Waals surface area (Å²) < 4.78 is 2.15. The van der Waals surface area contributed by atoms with Crippen molar-refractivity contribution in [3.05, 3.63) is 0 Å². The van der Waals surface area contributed by atoms with Gasteiger partial charge in [-0.2, -0.15) is 12.6 Å². The monoisotopic (exact) mass is 166 g/mol. The minimum Gasteiger partial charge on any atom is -0.320 e. The van der Waals surface area contributed by atoms with Crippen LogP contribution < -0.4 is 10.5 Å². The van der Waals surface area contributed by atoms with E-state index in [-0.39, 0.29) is 5.91 Å². The third-order valence-electron chi connectivity index (χ3n) is 0.887. The maximum Gasteiger partial charge on any atom is 0.246 e. The third kappa shape index (κ3) is 3.66. The fourth-order valence-electron chi connectivity index (χ4n) is 0.353. The summed E-state index contributed by atoms with van der Waals surface area (Å²) >= 11 is 7.45. The van der Waals surface area contributed by atoms with Crippen molar-refractivity contribution in [2.24, 2.45) is 5.73 Å². The standard InChI is InChI=1S/C4H10N2OS2/c5-3(1-2-8)4(7)6-9/h3,8-9H,1-2,5H2,(H,6,7)/t3-/m0/s1. The summed E-state index contributed by atoms with van der Waals surface area (Å²) in [6, 6.07) is -0.472. The molecule has 0 aromatic rings. The molecule has 1 atom stereocenters. The lowest BCUT2D eigenvalue weighted by Crippen LogP contribution is -2.36. The molecule has 0 saturated heterocycles. The van der Waals surface area contributed by atoms with E-state index in [4.69, 9.17) is 5.73 Å². The summed E-state index contributed by atoms with van der Waals surface area (Å²) in [6.07, 6.45) is 0.579. The molecule has 0 aliphatic rings. The first-order valence-corrected chi connectivity index (χ1v) is 3.60. The molecule has 0 bridgehead atoms. The second-order valence-electron chi connectivity index (χ2n) is 1.59. The molecule has 0 spiro atoms. The summed E-state index contributed by atoms with van der Waals surface area (Å²) in [6.45, 7) is 0. The van der Waals surface area contributed by atoms with E-state index in [1.165, 1.54) is 0 Å². The van der Waals surface area contributed by atoms with E-state index in [1.54, 1.807) is 0 Å². The molecule has 1 amide bonds. The highest BCUT2D eigenvalue weighted by atomic mass is 32.1. The summed E-state index contributed by atoms with van der Waals surface area (Å²) in [7, 11) is 0. The van der Waals surface area contributed by atoms with Gasteiger partial charge in [-0.15, -0.1) is 0 Å². The zero-order chi connectivity index (χ0) is 7.28. The van der Waals surface area contributed by atoms with Gasteiger partial charge in [0.1, 0.15) is 0 Å². The van der Waals surface area contributed by atoms with Crippen LogP contribution in [-0.2, 0) is 4.79 Å². The number of amides is 1. The van der Waals surface area contributed by atoms with Crippen LogP contribution in [0.2, 0.25) is 0 Å². The van der Waals surface area contributed by atoms with Crippen LogP contribution in [-0.4, -0.2) is 17.7 Å². The number of carbonyl (C=O) groups excluding carboxylic acids is 1. The Morgan fingerprint density at radius 2 is 2.33 bits per heavy atom. The van der Waals surface area contributed by atoms with Gasteiger partial charge < -0.3 is 10.5 Å². The topological polar surface area (TPSA) is 55.1 Å². The smallest absolute Gasteiger partial charge is 0.246 e. The maximum atomic E-state index is 10.6. The van der Waals surface area contributed by atoms with E-state index in [2.05, 4.69) is 30.2 Å². The number of hydrogen-bond donors (Lipinski definition) is 4. The van der Waals surface area contributed by atoms with Gasteiger partial charge in [0.05, 0.1) is 6.04 Å². The molecule has 0 unspecified atom stereocenters. The second-order valence-corrected chi connectivity index (χ2v) is 2.27. The molecule has 0 aromatic heterocycles. The normalized spacial score (nSPS) is 12.8. The molecule has 0 saturated carbocycles. The highest BCUT2D eigenvalue weighted by Gasteiger charge is 2.08. The Morgan fingerprint density at radius 1 is 1.78 bits per heavy atom. The molecule has 5 heteroatoms. The van der Waals surface area contributed by atoms with E-state index in [1.807, 2.05) is 0 Å². The Balaban J connectivity index is 3.45. The number of nitrogens with two attached hydrogens (primary N) is 1. The lowest BCUT2D eigenvalue weighted by Gasteiger charge is -2.05. The largest absolute Gasteiger partial charge is 0.320 e. The lowest BCUT2D eigenvalue weighted by atomic mass is 10.2. The van der Waals surface area contributed by atoms with Gasteiger partial charge in [-0.25, -0.2) is 0 Å². The van der Waals surface area contributed by atoms with Crippen LogP contribution >= 0.6 is 25.4 Å². The zero-order valence-corrected chi connectivity index (χ0v) is 6.66. The highest BCUT2D eigenvalue weighted by molar-refractivity contribution is 7.80. The van der Waals surface area contributed by atoms with Crippen LogP contribution in [0.25, 0.3) is 0 Å². The number of rotatable bonds is 3. The summed E-state index contributed by atoms with van der Waals surface area (Å²) in [5.41, 5.74) is 5.33. The summed E-state index contributed by atoms with van der Waals surface area (Å²) in [5, 5.41) is 0. The second kappa shape index (κ2) is 4.96. The summed E-state index contributed by atoms with van der Waals surface area (Å²) in [5.74, 6) is 0.356. The van der Waals surface area contributed by atoms with Crippen molar-refractivity contribution in [1.82, 2.24) is 4.72 Å². The average molecular weight is 166 g/mol. The average Bonchev–Trinajstić information content (AvgIpc) is 1.87. The Hall–Kier alpha value is 0.130. The lowest BCUT2D eigenvalue weighted by molar-refractivity contribution is -0.120. The fraction of sp³-hybridized carbons (Fsp3) is 0.750. The predicted octanol–water partition coefficient (Wildman–Crippen LogP) is -0.405. The van der Waals surface area contributed by atoms with Crippen molar-refractivity contribution in [3.8, 4) is 0 Å². The number of thiol groups is 2. The van der Waals surface area contributed by atoms with E-state index < -0.39 is 6.04 Å². The fourth-order valence-corrected chi connectivity index (χ4v) is 0.797. The van der Waals surface area contributed by atoms with Gasteiger partial charge in [0.25, 0.3) is 0 Å². The van der Waals surface area contributed by atoms with Gasteiger partial charge in [0, 0.05) is 0 Å². The van der Waals surface area contributed by atoms with E-state index in [0.29, 0.717) is 12.2 Å². The van der Waals surface area contributed by atoms with Crippen molar-refractivity contribution < 1.29 is 4.79 Å². The minimum atomic E-state index is -0.472. The van der Waals surface area contributed by atoms with Crippen molar-refractivity contribution in [2.45, 2.75) is 12.5 Å². The maximum absolute atomic E-state index is 10.6. The van der Waals surface area contributed by atoms with E-state index in [0.717, 1.165) is 0 Å². The Kier molecular flexibility index (Phi) is 5.03. The third-order valence-corrected chi connectivity index (χ3v) is 1.37. The van der Waals surface area contributed by atoms with Gasteiger partial charge in [0.15, 0.2) is 0 Å². The molecule has 3 N–H and O–H groups in total. The Bertz CT molecular complexity index is 98.6. The van der Waals surface area contributed by atoms with Gasteiger partial charge in [-0.05, 0) is 12.2 Å². The van der Waals surface area contributed by atoms with Crippen molar-refractivity contribution >= 4 is 31.4 Å². The van der Waals surface area contributed by atoms with Crippen molar-refractivity contribution in [3.63, 3.8) is 0 Å². The molecule has 0 fully saturated rings. The van der Waals surface area contributed by atoms with Crippen LogP contribution in [0, 0.1) is 0 Å². The molecule has 0 radical (unpaired) electrons. The number of hydrogen-bond acceptors (Lipinski definition) is 4. The molecule has 0 aromatic carbocycles. The number of nitrogens with one attached hydrogen (secondary N) is 1. The summed E-state index contributed by atoms with van der Waals surface area (Å²) in [4.78, 5) is 10.6. The minimum absolute atomic E-state index is 0.257. The van der Waals surface area contributed by atoms with Crippen LogP contribution in [0.3, 0.4) is 0 Å². The molecular weight excluding hydrogens is 156 g/mol. The van der Waals surface area contributed by atoms with Gasteiger partial charge in [0.2, 0.25) is 5.91 Å². The predicted molar refractivity (Wildman–Crippen MR) is 43.6 cm³/mol. The molecule has 3 nitrogen and oxygen atoms in total. The van der Waals surface area contributed by atoms with Crippen LogP contribution in [0.1, 0.15) is 6.42 Å². The van der Waals surface area contributed by atoms with Crippen LogP contribution in [0.5, 0.6) is 0 Å². The SMILES string of the molecule is N[C@@H](CCS)C(=O)NS. The van der Waals surface area contributed by atoms with E-state index in [9.17, 15) is 4.79 Å². The van der Waals surface area contributed by atoms with Gasteiger partial charge in [-0.3, -0.25) is 4.79 Å². The van der Waals surface area contributed by atoms with Crippen molar-refractivity contribution in [2.75, 3.05) is 5.75 Å². The number of carbonyl (C=O) groups is 1. The molecule has 54 valence electrons. The molecule has 0 rings (SSSR count). The van der Waals surface area contributed by atoms with Gasteiger partial charge in [-0.1, -0.05) is 12.8 Å². The highest BCUT2D eigenvalue weighted by Crippen LogP contribution is 1.90. The van der Waals surface area contributed by atoms with Crippen LogP contribution in [0.4, 0.5) is 0 Å². The molecule has 0 aliphatic carbocycles. The van der Waals surface area contributed by atoms with Crippen molar-refractivity contribution in [1.29, 1.82) is 0 Å². The van der Waals surface area contributed by atoms with Crippen LogP contribution in [0.15, 0.2) is 0 Å².